The molecule has 0 radical (unpaired) electrons. The van der Waals surface area contributed by atoms with E-state index in [2.05, 4.69) is 4.74 Å². The lowest BCUT2D eigenvalue weighted by atomic mass is 10.1. The SMILES string of the molecule is COC(=O)c1c(C)cccc1S(=O)(=O)Nc1c(F)cccc1F. The van der Waals surface area contributed by atoms with Crippen molar-refractivity contribution < 1.29 is 26.7 Å². The molecule has 5 nitrogen and oxygen atoms in total. The maximum Gasteiger partial charge on any atom is 0.339 e. The highest BCUT2D eigenvalue weighted by Gasteiger charge is 2.26. The van der Waals surface area contributed by atoms with Crippen molar-refractivity contribution in [1.29, 1.82) is 0 Å². The Morgan fingerprint density at radius 1 is 1.09 bits per heavy atom. The molecule has 0 fully saturated rings. The van der Waals surface area contributed by atoms with Crippen molar-refractivity contribution in [2.75, 3.05) is 11.8 Å². The Hall–Kier alpha value is -2.48. The molecule has 23 heavy (non-hydrogen) atoms. The van der Waals surface area contributed by atoms with E-state index in [1.165, 1.54) is 19.1 Å². The Bertz CT molecular complexity index is 846. The molecule has 0 aliphatic carbocycles. The van der Waals surface area contributed by atoms with Crippen LogP contribution in [0.25, 0.3) is 0 Å². The smallest absolute Gasteiger partial charge is 0.339 e. The van der Waals surface area contributed by atoms with Gasteiger partial charge in [-0.05, 0) is 30.7 Å². The van der Waals surface area contributed by atoms with Crippen LogP contribution in [0.5, 0.6) is 0 Å². The van der Waals surface area contributed by atoms with Gasteiger partial charge >= 0.3 is 5.97 Å². The second-order valence-electron chi connectivity index (χ2n) is 4.64. The first-order chi connectivity index (χ1) is 10.8. The number of benzene rings is 2. The summed E-state index contributed by atoms with van der Waals surface area (Å²) in [6.07, 6.45) is 0. The molecule has 1 N–H and O–H groups in total. The third-order valence-corrected chi connectivity index (χ3v) is 4.50. The van der Waals surface area contributed by atoms with Gasteiger partial charge in [0.2, 0.25) is 0 Å². The van der Waals surface area contributed by atoms with Gasteiger partial charge in [0.15, 0.2) is 0 Å². The average molecular weight is 341 g/mol. The van der Waals surface area contributed by atoms with E-state index in [9.17, 15) is 22.0 Å². The van der Waals surface area contributed by atoms with Crippen LogP contribution < -0.4 is 4.72 Å². The van der Waals surface area contributed by atoms with Crippen LogP contribution in [0.15, 0.2) is 41.3 Å². The third kappa shape index (κ3) is 3.31. The maximum atomic E-state index is 13.6. The van der Waals surface area contributed by atoms with E-state index in [1.807, 2.05) is 4.72 Å². The molecular formula is C15H13F2NO4S. The van der Waals surface area contributed by atoms with Crippen molar-refractivity contribution in [2.45, 2.75) is 11.8 Å². The number of hydrogen-bond acceptors (Lipinski definition) is 4. The fraction of sp³-hybridized carbons (Fsp3) is 0.133. The summed E-state index contributed by atoms with van der Waals surface area (Å²) >= 11 is 0. The fourth-order valence-electron chi connectivity index (χ4n) is 2.01. The third-order valence-electron chi connectivity index (χ3n) is 3.11. The molecule has 0 aromatic heterocycles. The van der Waals surface area contributed by atoms with Gasteiger partial charge in [-0.2, -0.15) is 0 Å². The number of esters is 1. The minimum absolute atomic E-state index is 0.195. The quantitative estimate of drug-likeness (QED) is 0.868. The van der Waals surface area contributed by atoms with Gasteiger partial charge in [-0.1, -0.05) is 18.2 Å². The number of hydrogen-bond donors (Lipinski definition) is 1. The number of methoxy groups -OCH3 is 1. The summed E-state index contributed by atoms with van der Waals surface area (Å²) in [5.74, 6) is -3.00. The van der Waals surface area contributed by atoms with Crippen LogP contribution in [0.3, 0.4) is 0 Å². The molecule has 122 valence electrons. The van der Waals surface area contributed by atoms with Crippen LogP contribution in [0.2, 0.25) is 0 Å². The molecule has 2 rings (SSSR count). The molecule has 2 aromatic rings. The van der Waals surface area contributed by atoms with Gasteiger partial charge in [-0.25, -0.2) is 22.0 Å². The lowest BCUT2D eigenvalue weighted by Crippen LogP contribution is -2.19. The van der Waals surface area contributed by atoms with Crippen LogP contribution in [0.4, 0.5) is 14.5 Å². The molecule has 0 aliphatic rings. The van der Waals surface area contributed by atoms with Crippen LogP contribution in [0, 0.1) is 18.6 Å². The zero-order valence-corrected chi connectivity index (χ0v) is 13.1. The van der Waals surface area contributed by atoms with E-state index in [1.54, 1.807) is 0 Å². The van der Waals surface area contributed by atoms with Crippen molar-refractivity contribution in [3.63, 3.8) is 0 Å². The molecule has 0 aliphatic heterocycles. The Balaban J connectivity index is 2.58. The number of rotatable bonds is 4. The number of sulfonamides is 1. The first-order valence-electron chi connectivity index (χ1n) is 6.42. The van der Waals surface area contributed by atoms with Crippen LogP contribution in [-0.4, -0.2) is 21.5 Å². The van der Waals surface area contributed by atoms with E-state index in [-0.39, 0.29) is 5.56 Å². The van der Waals surface area contributed by atoms with E-state index >= 15 is 0 Å². The zero-order valence-electron chi connectivity index (χ0n) is 12.3. The predicted octanol–water partition coefficient (Wildman–Crippen LogP) is 2.86. The lowest BCUT2D eigenvalue weighted by molar-refractivity contribution is 0.0595. The molecule has 0 bridgehead atoms. The molecular weight excluding hydrogens is 328 g/mol. The predicted molar refractivity (Wildman–Crippen MR) is 79.7 cm³/mol. The number of aryl methyl sites for hydroxylation is 1. The van der Waals surface area contributed by atoms with Crippen LogP contribution in [-0.2, 0) is 14.8 Å². The number of carbonyl (C=O) groups is 1. The van der Waals surface area contributed by atoms with Gasteiger partial charge in [0.25, 0.3) is 10.0 Å². The van der Waals surface area contributed by atoms with Gasteiger partial charge in [-0.3, -0.25) is 4.72 Å². The van der Waals surface area contributed by atoms with Crippen molar-refractivity contribution in [3.8, 4) is 0 Å². The molecule has 0 saturated carbocycles. The van der Waals surface area contributed by atoms with Gasteiger partial charge in [-0.15, -0.1) is 0 Å². The van der Waals surface area contributed by atoms with Gasteiger partial charge in [0.1, 0.15) is 22.2 Å². The summed E-state index contributed by atoms with van der Waals surface area (Å²) in [5, 5.41) is 0. The van der Waals surface area contributed by atoms with E-state index in [0.29, 0.717) is 5.56 Å². The number of para-hydroxylation sites is 1. The standard InChI is InChI=1S/C15H13F2NO4S/c1-9-5-3-8-12(13(9)15(19)22-2)23(20,21)18-14-10(16)6-4-7-11(14)17/h3-8,18H,1-2H3. The Morgan fingerprint density at radius 2 is 1.65 bits per heavy atom. The molecule has 0 heterocycles. The van der Waals surface area contributed by atoms with Gasteiger partial charge in [0, 0.05) is 0 Å². The fourth-order valence-corrected chi connectivity index (χ4v) is 3.36. The Morgan fingerprint density at radius 3 is 2.22 bits per heavy atom. The second kappa shape index (κ2) is 6.33. The second-order valence-corrected chi connectivity index (χ2v) is 6.29. The van der Waals surface area contributed by atoms with Crippen LogP contribution >= 0.6 is 0 Å². The van der Waals surface area contributed by atoms with Crippen molar-refractivity contribution in [2.24, 2.45) is 0 Å². The zero-order chi connectivity index (χ0) is 17.2. The normalized spacial score (nSPS) is 11.1. The number of carbonyl (C=O) groups excluding carboxylic acids is 1. The highest BCUT2D eigenvalue weighted by atomic mass is 32.2. The highest BCUT2D eigenvalue weighted by molar-refractivity contribution is 7.92. The number of anilines is 1. The monoisotopic (exact) mass is 341 g/mol. The first-order valence-corrected chi connectivity index (χ1v) is 7.91. The van der Waals surface area contributed by atoms with E-state index in [4.69, 9.17) is 0 Å². The summed E-state index contributed by atoms with van der Waals surface area (Å²) in [7, 11) is -3.29. The van der Waals surface area contributed by atoms with Crippen molar-refractivity contribution in [1.82, 2.24) is 0 Å². The Kier molecular flexibility index (Phi) is 4.65. The summed E-state index contributed by atoms with van der Waals surface area (Å²) in [5.41, 5.74) is -0.655. The summed E-state index contributed by atoms with van der Waals surface area (Å²) < 4.78 is 58.6. The maximum absolute atomic E-state index is 13.6. The van der Waals surface area contributed by atoms with E-state index < -0.39 is 38.2 Å². The summed E-state index contributed by atoms with van der Waals surface area (Å²) in [4.78, 5) is 11.4. The largest absolute Gasteiger partial charge is 0.465 e. The minimum atomic E-state index is -4.40. The van der Waals surface area contributed by atoms with Gasteiger partial charge in [0.05, 0.1) is 12.7 Å². The topological polar surface area (TPSA) is 72.5 Å². The molecule has 0 unspecified atom stereocenters. The highest BCUT2D eigenvalue weighted by Crippen LogP contribution is 2.26. The number of nitrogens with one attached hydrogen (secondary N) is 1. The number of ether oxygens (including phenoxy) is 1. The summed E-state index contributed by atoms with van der Waals surface area (Å²) in [6, 6.07) is 7.02. The lowest BCUT2D eigenvalue weighted by Gasteiger charge is -2.13. The van der Waals surface area contributed by atoms with Crippen molar-refractivity contribution in [3.05, 3.63) is 59.2 Å². The summed E-state index contributed by atoms with van der Waals surface area (Å²) in [6.45, 7) is 1.52. The van der Waals surface area contributed by atoms with Crippen molar-refractivity contribution >= 4 is 21.7 Å². The first kappa shape index (κ1) is 16.9. The molecule has 2 aromatic carbocycles. The molecule has 8 heteroatoms. The number of halogens is 2. The van der Waals surface area contributed by atoms with Crippen LogP contribution in [0.1, 0.15) is 15.9 Å². The molecule has 0 amide bonds. The van der Waals surface area contributed by atoms with Gasteiger partial charge < -0.3 is 4.74 Å². The molecule has 0 saturated heterocycles. The van der Waals surface area contributed by atoms with E-state index in [0.717, 1.165) is 31.4 Å². The molecule has 0 spiro atoms. The Labute approximate surface area is 132 Å². The minimum Gasteiger partial charge on any atom is -0.465 e. The average Bonchev–Trinajstić information content (AvgIpc) is 2.50. The molecule has 0 atom stereocenters.